The zero-order valence-corrected chi connectivity index (χ0v) is 6.64. The molecule has 0 spiro atoms. The molecule has 0 bridgehead atoms. The molecule has 4 heteroatoms. The first kappa shape index (κ1) is 8.23. The van der Waals surface area contributed by atoms with Gasteiger partial charge in [0.2, 0.25) is 0 Å². The Balaban J connectivity index is 3.28. The van der Waals surface area contributed by atoms with Crippen LogP contribution in [0, 0.1) is 19.1 Å². The van der Waals surface area contributed by atoms with Crippen molar-refractivity contribution in [3.05, 3.63) is 29.8 Å². The highest BCUT2D eigenvalue weighted by Gasteiger charge is 2.08. The molecule has 0 heterocycles. The fourth-order valence-corrected chi connectivity index (χ4v) is 1.15. The second kappa shape index (κ2) is 2.64. The first-order valence-electron chi connectivity index (χ1n) is 2.88. The average Bonchev–Trinajstić information content (AvgIpc) is 1.86. The van der Waals surface area contributed by atoms with E-state index in [9.17, 15) is 8.42 Å². The number of rotatable bonds is 1. The van der Waals surface area contributed by atoms with E-state index in [1.807, 2.05) is 0 Å². The second-order valence-corrected chi connectivity index (χ2v) is 3.45. The minimum atomic E-state index is -4.14. The van der Waals surface area contributed by atoms with Gasteiger partial charge in [-0.05, 0) is 12.5 Å². The predicted molar refractivity (Wildman–Crippen MR) is 38.7 cm³/mol. The van der Waals surface area contributed by atoms with Crippen molar-refractivity contribution in [2.24, 2.45) is 0 Å². The molecule has 1 aromatic rings. The normalized spacial score (nSPS) is 11.5. The van der Waals surface area contributed by atoms with Crippen LogP contribution >= 0.6 is 0 Å². The first-order valence-corrected chi connectivity index (χ1v) is 4.32. The fourth-order valence-electron chi connectivity index (χ4n) is 0.638. The second-order valence-electron chi connectivity index (χ2n) is 2.09. The number of hydrogen-bond acceptors (Lipinski definition) is 2. The molecule has 0 aliphatic heterocycles. The molecule has 0 fully saturated rings. The maximum absolute atomic E-state index is 10.5. The van der Waals surface area contributed by atoms with Crippen molar-refractivity contribution in [1.82, 2.24) is 0 Å². The van der Waals surface area contributed by atoms with E-state index < -0.39 is 10.1 Å². The van der Waals surface area contributed by atoms with E-state index in [0.29, 0.717) is 5.56 Å². The lowest BCUT2D eigenvalue weighted by Gasteiger charge is -1.94. The van der Waals surface area contributed by atoms with Gasteiger partial charge in [0.05, 0.1) is 0 Å². The average molecular weight is 170 g/mol. The maximum Gasteiger partial charge on any atom is 0.295 e. The summed E-state index contributed by atoms with van der Waals surface area (Å²) >= 11 is 0. The van der Waals surface area contributed by atoms with Crippen LogP contribution in [0.1, 0.15) is 5.56 Å². The van der Waals surface area contributed by atoms with E-state index in [1.165, 1.54) is 6.07 Å². The Labute approximate surface area is 65.4 Å². The zero-order chi connectivity index (χ0) is 8.48. The van der Waals surface area contributed by atoms with Crippen molar-refractivity contribution in [2.75, 3.05) is 0 Å². The van der Waals surface area contributed by atoms with Gasteiger partial charge in [-0.3, -0.25) is 4.55 Å². The fraction of sp³-hybridized carbons (Fsp3) is 0.143. The SMILES string of the molecule is Cc1[c]c(S(=O)(=O)O)[c]cc1. The largest absolute Gasteiger partial charge is 0.295 e. The topological polar surface area (TPSA) is 54.4 Å². The third kappa shape index (κ3) is 2.03. The van der Waals surface area contributed by atoms with Crippen molar-refractivity contribution in [1.29, 1.82) is 0 Å². The van der Waals surface area contributed by atoms with Crippen LogP contribution in [0.4, 0.5) is 0 Å². The van der Waals surface area contributed by atoms with Gasteiger partial charge in [-0.15, -0.1) is 0 Å². The summed E-state index contributed by atoms with van der Waals surface area (Å²) in [5, 5.41) is 0. The van der Waals surface area contributed by atoms with Crippen LogP contribution in [0.3, 0.4) is 0 Å². The molecule has 3 nitrogen and oxygen atoms in total. The van der Waals surface area contributed by atoms with Crippen molar-refractivity contribution in [3.8, 4) is 0 Å². The molecule has 1 N–H and O–H groups in total. The lowest BCUT2D eigenvalue weighted by atomic mass is 10.2. The molecule has 58 valence electrons. The summed E-state index contributed by atoms with van der Waals surface area (Å²) in [7, 11) is -4.14. The zero-order valence-electron chi connectivity index (χ0n) is 5.83. The lowest BCUT2D eigenvalue weighted by molar-refractivity contribution is 0.482. The molecule has 0 unspecified atom stereocenters. The summed E-state index contributed by atoms with van der Waals surface area (Å²) in [5.74, 6) is 0. The van der Waals surface area contributed by atoms with Gasteiger partial charge < -0.3 is 0 Å². The smallest absolute Gasteiger partial charge is 0.282 e. The highest BCUT2D eigenvalue weighted by Crippen LogP contribution is 2.07. The van der Waals surface area contributed by atoms with E-state index >= 15 is 0 Å². The van der Waals surface area contributed by atoms with E-state index in [1.54, 1.807) is 13.0 Å². The van der Waals surface area contributed by atoms with Crippen LogP contribution < -0.4 is 0 Å². The van der Waals surface area contributed by atoms with Crippen molar-refractivity contribution in [2.45, 2.75) is 11.8 Å². The minimum Gasteiger partial charge on any atom is -0.282 e. The summed E-state index contributed by atoms with van der Waals surface area (Å²) < 4.78 is 29.5. The molecular formula is C7H6O3S. The van der Waals surface area contributed by atoms with Crippen LogP contribution in [-0.2, 0) is 10.1 Å². The summed E-state index contributed by atoms with van der Waals surface area (Å²) in [6, 6.07) is 7.88. The Bertz CT molecular complexity index is 354. The molecule has 11 heavy (non-hydrogen) atoms. The Morgan fingerprint density at radius 2 is 2.18 bits per heavy atom. The van der Waals surface area contributed by atoms with E-state index in [4.69, 9.17) is 4.55 Å². The Morgan fingerprint density at radius 1 is 1.55 bits per heavy atom. The molecule has 0 aromatic heterocycles. The molecule has 0 atom stereocenters. The van der Waals surface area contributed by atoms with Crippen molar-refractivity contribution in [3.63, 3.8) is 0 Å². The van der Waals surface area contributed by atoms with Gasteiger partial charge in [-0.25, -0.2) is 0 Å². The van der Waals surface area contributed by atoms with Gasteiger partial charge in [0.25, 0.3) is 10.1 Å². The van der Waals surface area contributed by atoms with Gasteiger partial charge in [-0.2, -0.15) is 8.42 Å². The van der Waals surface area contributed by atoms with E-state index in [2.05, 4.69) is 12.1 Å². The quantitative estimate of drug-likeness (QED) is 0.635. The molecule has 0 aliphatic rings. The third-order valence-electron chi connectivity index (χ3n) is 1.12. The molecule has 0 saturated heterocycles. The molecule has 2 radical (unpaired) electrons. The minimum absolute atomic E-state index is 0.308. The summed E-state index contributed by atoms with van der Waals surface area (Å²) in [5.41, 5.74) is 0.649. The van der Waals surface area contributed by atoms with Crippen LogP contribution in [0.15, 0.2) is 17.0 Å². The van der Waals surface area contributed by atoms with Crippen LogP contribution in [0.25, 0.3) is 0 Å². The number of hydrogen-bond donors (Lipinski definition) is 1. The highest BCUT2D eigenvalue weighted by atomic mass is 32.2. The Kier molecular flexibility index (Phi) is 1.97. The molecule has 0 amide bonds. The number of aryl methyl sites for hydroxylation is 1. The molecule has 1 rings (SSSR count). The van der Waals surface area contributed by atoms with Gasteiger partial charge in [0.15, 0.2) is 0 Å². The predicted octanol–water partition coefficient (Wildman–Crippen LogP) is 0.842. The molecule has 1 aromatic carbocycles. The standard InChI is InChI=1S/C7H6O3S/c1-6-3-2-4-7(5-6)11(8,9)10/h2-3H,1H3,(H,8,9,10). The highest BCUT2D eigenvalue weighted by molar-refractivity contribution is 7.85. The first-order chi connectivity index (χ1) is 5.00. The van der Waals surface area contributed by atoms with Crippen LogP contribution in [-0.4, -0.2) is 13.0 Å². The summed E-state index contributed by atoms with van der Waals surface area (Å²) in [4.78, 5) is -0.308. The monoisotopic (exact) mass is 170 g/mol. The maximum atomic E-state index is 10.5. The summed E-state index contributed by atoms with van der Waals surface area (Å²) in [6.45, 7) is 1.68. The van der Waals surface area contributed by atoms with E-state index in [-0.39, 0.29) is 4.90 Å². The molecule has 0 aliphatic carbocycles. The van der Waals surface area contributed by atoms with E-state index in [0.717, 1.165) is 0 Å². The van der Waals surface area contributed by atoms with Crippen molar-refractivity contribution < 1.29 is 13.0 Å². The van der Waals surface area contributed by atoms with Gasteiger partial charge in [-0.1, -0.05) is 12.1 Å². The van der Waals surface area contributed by atoms with Crippen LogP contribution in [0.2, 0.25) is 0 Å². The summed E-state index contributed by atoms with van der Waals surface area (Å²) in [6.07, 6.45) is 0. The van der Waals surface area contributed by atoms with Crippen molar-refractivity contribution >= 4 is 10.1 Å². The van der Waals surface area contributed by atoms with Gasteiger partial charge in [0.1, 0.15) is 4.90 Å². The van der Waals surface area contributed by atoms with Gasteiger partial charge in [0, 0.05) is 12.1 Å². The molecule has 0 saturated carbocycles. The third-order valence-corrected chi connectivity index (χ3v) is 1.85. The molecular weight excluding hydrogens is 164 g/mol. The Morgan fingerprint density at radius 3 is 2.55 bits per heavy atom. The van der Waals surface area contributed by atoms with Crippen LogP contribution in [0.5, 0.6) is 0 Å². The number of benzene rings is 1. The Hall–Kier alpha value is -0.870. The van der Waals surface area contributed by atoms with Gasteiger partial charge >= 0.3 is 0 Å². The lowest BCUT2D eigenvalue weighted by Crippen LogP contribution is -1.98.